The number of carbonyl (C=O) groups is 1. The van der Waals surface area contributed by atoms with E-state index < -0.39 is 0 Å². The molecule has 0 unspecified atom stereocenters. The SMILES string of the molecule is CC(C)c1csc(CNC(=O)c2ccccc2Cl)n1. The summed E-state index contributed by atoms with van der Waals surface area (Å²) in [4.78, 5) is 16.4. The van der Waals surface area contributed by atoms with Crippen molar-refractivity contribution in [3.8, 4) is 0 Å². The first-order chi connectivity index (χ1) is 9.08. The van der Waals surface area contributed by atoms with Crippen molar-refractivity contribution >= 4 is 28.8 Å². The van der Waals surface area contributed by atoms with Crippen LogP contribution in [-0.4, -0.2) is 10.9 Å². The number of rotatable bonds is 4. The fraction of sp³-hybridized carbons (Fsp3) is 0.286. The van der Waals surface area contributed by atoms with Crippen LogP contribution in [0.5, 0.6) is 0 Å². The molecule has 1 amide bonds. The lowest BCUT2D eigenvalue weighted by Crippen LogP contribution is -2.23. The Morgan fingerprint density at radius 1 is 1.42 bits per heavy atom. The van der Waals surface area contributed by atoms with Crippen LogP contribution in [0.25, 0.3) is 0 Å². The van der Waals surface area contributed by atoms with Crippen molar-refractivity contribution < 1.29 is 4.79 Å². The number of thiazole rings is 1. The maximum atomic E-state index is 12.0. The van der Waals surface area contributed by atoms with Crippen LogP contribution >= 0.6 is 22.9 Å². The molecule has 0 saturated carbocycles. The van der Waals surface area contributed by atoms with Gasteiger partial charge in [-0.1, -0.05) is 37.6 Å². The Kier molecular flexibility index (Phi) is 4.56. The van der Waals surface area contributed by atoms with Crippen LogP contribution in [0, 0.1) is 0 Å². The number of nitrogens with zero attached hydrogens (tertiary/aromatic N) is 1. The van der Waals surface area contributed by atoms with Gasteiger partial charge in [0.15, 0.2) is 0 Å². The van der Waals surface area contributed by atoms with Gasteiger partial charge in [0.25, 0.3) is 5.91 Å². The van der Waals surface area contributed by atoms with Gasteiger partial charge in [0, 0.05) is 5.38 Å². The van der Waals surface area contributed by atoms with E-state index >= 15 is 0 Å². The standard InChI is InChI=1S/C14H15ClN2OS/c1-9(2)12-8-19-13(17-12)7-16-14(18)10-5-3-4-6-11(10)15/h3-6,8-9H,7H2,1-2H3,(H,16,18). The fourth-order valence-corrected chi connectivity index (χ4v) is 2.68. The Morgan fingerprint density at radius 3 is 2.79 bits per heavy atom. The summed E-state index contributed by atoms with van der Waals surface area (Å²) in [6.07, 6.45) is 0. The number of nitrogens with one attached hydrogen (secondary N) is 1. The molecule has 0 atom stereocenters. The maximum Gasteiger partial charge on any atom is 0.253 e. The van der Waals surface area contributed by atoms with Crippen molar-refractivity contribution in [2.24, 2.45) is 0 Å². The minimum Gasteiger partial charge on any atom is -0.345 e. The second-order valence-electron chi connectivity index (χ2n) is 4.48. The summed E-state index contributed by atoms with van der Waals surface area (Å²) in [6, 6.07) is 7.01. The van der Waals surface area contributed by atoms with Gasteiger partial charge < -0.3 is 5.32 Å². The molecule has 1 aromatic carbocycles. The molecule has 1 heterocycles. The smallest absolute Gasteiger partial charge is 0.253 e. The Labute approximate surface area is 121 Å². The number of hydrogen-bond acceptors (Lipinski definition) is 3. The molecule has 2 aromatic rings. The molecule has 0 bridgehead atoms. The van der Waals surface area contributed by atoms with Crippen LogP contribution in [0.1, 0.15) is 40.8 Å². The third-order valence-corrected chi connectivity index (χ3v) is 3.88. The average Bonchev–Trinajstić information content (AvgIpc) is 2.85. The van der Waals surface area contributed by atoms with Crippen molar-refractivity contribution in [2.75, 3.05) is 0 Å². The van der Waals surface area contributed by atoms with Gasteiger partial charge in [0.05, 0.1) is 22.8 Å². The summed E-state index contributed by atoms with van der Waals surface area (Å²) in [5, 5.41) is 6.23. The van der Waals surface area contributed by atoms with E-state index in [1.807, 2.05) is 5.38 Å². The molecule has 5 heteroatoms. The molecule has 0 fully saturated rings. The summed E-state index contributed by atoms with van der Waals surface area (Å²) in [5.74, 6) is 0.233. The van der Waals surface area contributed by atoms with E-state index in [1.54, 1.807) is 35.6 Å². The number of halogens is 1. The molecule has 0 aliphatic carbocycles. The topological polar surface area (TPSA) is 42.0 Å². The summed E-state index contributed by atoms with van der Waals surface area (Å²) in [7, 11) is 0. The summed E-state index contributed by atoms with van der Waals surface area (Å²) < 4.78 is 0. The molecule has 0 aliphatic rings. The number of aromatic nitrogens is 1. The number of amides is 1. The normalized spacial score (nSPS) is 10.7. The molecule has 0 saturated heterocycles. The van der Waals surface area contributed by atoms with Gasteiger partial charge in [-0.3, -0.25) is 4.79 Å². The predicted octanol–water partition coefficient (Wildman–Crippen LogP) is 3.85. The van der Waals surface area contributed by atoms with Crippen molar-refractivity contribution in [1.82, 2.24) is 10.3 Å². The van der Waals surface area contributed by atoms with E-state index in [2.05, 4.69) is 24.1 Å². The zero-order chi connectivity index (χ0) is 13.8. The Morgan fingerprint density at radius 2 is 2.16 bits per heavy atom. The van der Waals surface area contributed by atoms with Gasteiger partial charge in [-0.15, -0.1) is 11.3 Å². The highest BCUT2D eigenvalue weighted by Gasteiger charge is 2.10. The second kappa shape index (κ2) is 6.17. The second-order valence-corrected chi connectivity index (χ2v) is 5.83. The number of carbonyl (C=O) groups excluding carboxylic acids is 1. The minimum absolute atomic E-state index is 0.174. The zero-order valence-corrected chi connectivity index (χ0v) is 12.4. The highest BCUT2D eigenvalue weighted by Crippen LogP contribution is 2.18. The van der Waals surface area contributed by atoms with E-state index in [0.717, 1.165) is 10.7 Å². The van der Waals surface area contributed by atoms with Crippen molar-refractivity contribution in [2.45, 2.75) is 26.3 Å². The van der Waals surface area contributed by atoms with Crippen molar-refractivity contribution in [1.29, 1.82) is 0 Å². The van der Waals surface area contributed by atoms with Crippen LogP contribution in [0.2, 0.25) is 5.02 Å². The molecule has 1 N–H and O–H groups in total. The quantitative estimate of drug-likeness (QED) is 0.930. The third kappa shape index (κ3) is 3.55. The van der Waals surface area contributed by atoms with Crippen molar-refractivity contribution in [3.05, 3.63) is 50.9 Å². The molecule has 0 radical (unpaired) electrons. The largest absolute Gasteiger partial charge is 0.345 e. The van der Waals surface area contributed by atoms with Crippen LogP contribution in [0.4, 0.5) is 0 Å². The molecule has 0 spiro atoms. The lowest BCUT2D eigenvalue weighted by Gasteiger charge is -2.04. The van der Waals surface area contributed by atoms with E-state index in [4.69, 9.17) is 11.6 Å². The zero-order valence-electron chi connectivity index (χ0n) is 10.8. The third-order valence-electron chi connectivity index (χ3n) is 2.68. The highest BCUT2D eigenvalue weighted by molar-refractivity contribution is 7.09. The van der Waals surface area contributed by atoms with Gasteiger partial charge in [-0.25, -0.2) is 4.98 Å². The van der Waals surface area contributed by atoms with Gasteiger partial charge in [0.1, 0.15) is 5.01 Å². The van der Waals surface area contributed by atoms with Gasteiger partial charge >= 0.3 is 0 Å². The van der Waals surface area contributed by atoms with Crippen LogP contribution < -0.4 is 5.32 Å². The Bertz CT molecular complexity index is 580. The van der Waals surface area contributed by atoms with E-state index in [-0.39, 0.29) is 5.91 Å². The van der Waals surface area contributed by atoms with E-state index in [9.17, 15) is 4.79 Å². The van der Waals surface area contributed by atoms with Crippen molar-refractivity contribution in [3.63, 3.8) is 0 Å². The molecule has 100 valence electrons. The van der Waals surface area contributed by atoms with Crippen LogP contribution in [0.3, 0.4) is 0 Å². The van der Waals surface area contributed by atoms with Crippen LogP contribution in [-0.2, 0) is 6.54 Å². The Balaban J connectivity index is 1.98. The number of hydrogen-bond donors (Lipinski definition) is 1. The highest BCUT2D eigenvalue weighted by atomic mass is 35.5. The van der Waals surface area contributed by atoms with Gasteiger partial charge in [-0.05, 0) is 18.1 Å². The minimum atomic E-state index is -0.174. The molecular weight excluding hydrogens is 280 g/mol. The molecule has 1 aromatic heterocycles. The van der Waals surface area contributed by atoms with E-state index in [1.165, 1.54) is 0 Å². The molecule has 19 heavy (non-hydrogen) atoms. The lowest BCUT2D eigenvalue weighted by atomic mass is 10.2. The van der Waals surface area contributed by atoms with Gasteiger partial charge in [-0.2, -0.15) is 0 Å². The molecule has 3 nitrogen and oxygen atoms in total. The first kappa shape index (κ1) is 14.0. The summed E-state index contributed by atoms with van der Waals surface area (Å²) in [5.41, 5.74) is 1.55. The maximum absolute atomic E-state index is 12.0. The molecule has 2 rings (SSSR count). The lowest BCUT2D eigenvalue weighted by molar-refractivity contribution is 0.0951. The Hall–Kier alpha value is -1.39. The first-order valence-electron chi connectivity index (χ1n) is 6.05. The fourth-order valence-electron chi connectivity index (χ4n) is 1.57. The first-order valence-corrected chi connectivity index (χ1v) is 7.30. The van der Waals surface area contributed by atoms with Crippen LogP contribution in [0.15, 0.2) is 29.6 Å². The predicted molar refractivity (Wildman–Crippen MR) is 78.8 cm³/mol. The monoisotopic (exact) mass is 294 g/mol. The molecule has 0 aliphatic heterocycles. The van der Waals surface area contributed by atoms with Gasteiger partial charge in [0.2, 0.25) is 0 Å². The number of benzene rings is 1. The van der Waals surface area contributed by atoms with E-state index in [0.29, 0.717) is 23.0 Å². The molecular formula is C14H15ClN2OS. The summed E-state index contributed by atoms with van der Waals surface area (Å²) in [6.45, 7) is 4.63. The average molecular weight is 295 g/mol. The summed E-state index contributed by atoms with van der Waals surface area (Å²) >= 11 is 7.53.